The summed E-state index contributed by atoms with van der Waals surface area (Å²) in [4.78, 5) is 6.87. The fourth-order valence-electron chi connectivity index (χ4n) is 1.56. The molecule has 1 heterocycles. The molecule has 0 radical (unpaired) electrons. The number of hydrogen-bond acceptors (Lipinski definition) is 3. The van der Waals surface area contributed by atoms with Crippen LogP contribution in [0.3, 0.4) is 0 Å². The monoisotopic (exact) mass is 207 g/mol. The average molecular weight is 207 g/mol. The Labute approximate surface area is 92.3 Å². The van der Waals surface area contributed by atoms with Crippen molar-refractivity contribution in [3.63, 3.8) is 0 Å². The minimum atomic E-state index is 0.334. The molecule has 1 unspecified atom stereocenters. The van der Waals surface area contributed by atoms with E-state index in [9.17, 15) is 0 Å². The molecule has 0 aliphatic rings. The molecular weight excluding hydrogens is 186 g/mol. The molecule has 2 N–H and O–H groups in total. The molecule has 1 aromatic heterocycles. The summed E-state index contributed by atoms with van der Waals surface area (Å²) < 4.78 is 0. The number of hydrogen-bond donors (Lipinski definition) is 1. The average Bonchev–Trinajstić information content (AvgIpc) is 2.30. The Hall–Kier alpha value is -1.09. The highest BCUT2D eigenvalue weighted by Crippen LogP contribution is 2.16. The zero-order chi connectivity index (χ0) is 11.3. The first-order valence-corrected chi connectivity index (χ1v) is 5.64. The summed E-state index contributed by atoms with van der Waals surface area (Å²) in [6, 6.07) is 6.16. The molecular formula is C12H21N3. The fraction of sp³-hybridized carbons (Fsp3) is 0.583. The Morgan fingerprint density at radius 3 is 2.53 bits per heavy atom. The standard InChI is InChI=1S/C12H21N3/c1-4-15(5-2)12-8-6-7-11(14-12)10(3)9-13/h6-8,10H,4-5,9,13H2,1-3H3. The van der Waals surface area contributed by atoms with E-state index >= 15 is 0 Å². The minimum absolute atomic E-state index is 0.334. The second-order valence-corrected chi connectivity index (χ2v) is 3.73. The van der Waals surface area contributed by atoms with Gasteiger partial charge < -0.3 is 10.6 Å². The highest BCUT2D eigenvalue weighted by Gasteiger charge is 2.08. The summed E-state index contributed by atoms with van der Waals surface area (Å²) in [6.07, 6.45) is 0. The highest BCUT2D eigenvalue weighted by molar-refractivity contribution is 5.39. The van der Waals surface area contributed by atoms with Crippen LogP contribution < -0.4 is 10.6 Å². The summed E-state index contributed by atoms with van der Waals surface area (Å²) in [5.41, 5.74) is 6.73. The molecule has 0 spiro atoms. The van der Waals surface area contributed by atoms with Crippen molar-refractivity contribution >= 4 is 5.82 Å². The van der Waals surface area contributed by atoms with Crippen LogP contribution in [0.2, 0.25) is 0 Å². The molecule has 0 fully saturated rings. The van der Waals surface area contributed by atoms with E-state index in [1.807, 2.05) is 6.07 Å². The van der Waals surface area contributed by atoms with E-state index in [0.29, 0.717) is 12.5 Å². The van der Waals surface area contributed by atoms with Gasteiger partial charge in [-0.3, -0.25) is 0 Å². The molecule has 84 valence electrons. The molecule has 1 rings (SSSR count). The lowest BCUT2D eigenvalue weighted by Gasteiger charge is -2.21. The third-order valence-electron chi connectivity index (χ3n) is 2.70. The van der Waals surface area contributed by atoms with E-state index in [4.69, 9.17) is 5.73 Å². The van der Waals surface area contributed by atoms with Gasteiger partial charge in [-0.05, 0) is 26.0 Å². The largest absolute Gasteiger partial charge is 0.357 e. The van der Waals surface area contributed by atoms with Crippen LogP contribution in [0.4, 0.5) is 5.82 Å². The van der Waals surface area contributed by atoms with Gasteiger partial charge in [0.15, 0.2) is 0 Å². The van der Waals surface area contributed by atoms with E-state index in [-0.39, 0.29) is 0 Å². The van der Waals surface area contributed by atoms with E-state index in [1.165, 1.54) is 0 Å². The van der Waals surface area contributed by atoms with Crippen LogP contribution in [-0.2, 0) is 0 Å². The first-order valence-electron chi connectivity index (χ1n) is 5.64. The second-order valence-electron chi connectivity index (χ2n) is 3.73. The summed E-state index contributed by atoms with van der Waals surface area (Å²) in [7, 11) is 0. The van der Waals surface area contributed by atoms with Gasteiger partial charge in [0.05, 0.1) is 0 Å². The lowest BCUT2D eigenvalue weighted by molar-refractivity contribution is 0.737. The van der Waals surface area contributed by atoms with E-state index in [0.717, 1.165) is 24.6 Å². The molecule has 1 atom stereocenters. The summed E-state index contributed by atoms with van der Waals surface area (Å²) in [5, 5.41) is 0. The smallest absolute Gasteiger partial charge is 0.128 e. The lowest BCUT2D eigenvalue weighted by Crippen LogP contribution is -2.23. The highest BCUT2D eigenvalue weighted by atomic mass is 15.2. The second kappa shape index (κ2) is 5.71. The third kappa shape index (κ3) is 2.93. The number of aromatic nitrogens is 1. The molecule has 0 aliphatic heterocycles. The van der Waals surface area contributed by atoms with Gasteiger partial charge in [0.1, 0.15) is 5.82 Å². The first-order chi connectivity index (χ1) is 7.22. The van der Waals surface area contributed by atoms with Crippen LogP contribution in [0.5, 0.6) is 0 Å². The number of nitrogens with two attached hydrogens (primary N) is 1. The molecule has 0 saturated heterocycles. The molecule has 15 heavy (non-hydrogen) atoms. The van der Waals surface area contributed by atoms with E-state index < -0.39 is 0 Å². The maximum Gasteiger partial charge on any atom is 0.128 e. The van der Waals surface area contributed by atoms with Crippen molar-refractivity contribution < 1.29 is 0 Å². The maximum absolute atomic E-state index is 5.64. The van der Waals surface area contributed by atoms with Crippen molar-refractivity contribution in [3.8, 4) is 0 Å². The van der Waals surface area contributed by atoms with Crippen molar-refractivity contribution in [2.75, 3.05) is 24.5 Å². The molecule has 3 heteroatoms. The number of rotatable bonds is 5. The van der Waals surface area contributed by atoms with Crippen molar-refractivity contribution in [3.05, 3.63) is 23.9 Å². The molecule has 0 aromatic carbocycles. The van der Waals surface area contributed by atoms with Gasteiger partial charge in [-0.15, -0.1) is 0 Å². The van der Waals surface area contributed by atoms with Crippen LogP contribution in [0.1, 0.15) is 32.4 Å². The Balaban J connectivity index is 2.91. The van der Waals surface area contributed by atoms with Crippen molar-refractivity contribution in [1.82, 2.24) is 4.98 Å². The number of pyridine rings is 1. The Morgan fingerprint density at radius 2 is 2.00 bits per heavy atom. The zero-order valence-electron chi connectivity index (χ0n) is 9.90. The van der Waals surface area contributed by atoms with Crippen LogP contribution in [0.15, 0.2) is 18.2 Å². The zero-order valence-corrected chi connectivity index (χ0v) is 9.90. The predicted molar refractivity (Wildman–Crippen MR) is 65.3 cm³/mol. The molecule has 0 amide bonds. The first kappa shape index (κ1) is 12.0. The Morgan fingerprint density at radius 1 is 1.33 bits per heavy atom. The Kier molecular flexibility index (Phi) is 4.56. The summed E-state index contributed by atoms with van der Waals surface area (Å²) in [6.45, 7) is 9.02. The molecule has 0 aliphatic carbocycles. The van der Waals surface area contributed by atoms with Gasteiger partial charge in [0.2, 0.25) is 0 Å². The summed E-state index contributed by atoms with van der Waals surface area (Å²) in [5.74, 6) is 1.39. The van der Waals surface area contributed by atoms with Crippen LogP contribution >= 0.6 is 0 Å². The molecule has 0 saturated carbocycles. The third-order valence-corrected chi connectivity index (χ3v) is 2.70. The van der Waals surface area contributed by atoms with Gasteiger partial charge in [-0.1, -0.05) is 13.0 Å². The normalized spacial score (nSPS) is 12.5. The van der Waals surface area contributed by atoms with E-state index in [1.54, 1.807) is 0 Å². The number of nitrogens with zero attached hydrogens (tertiary/aromatic N) is 2. The fourth-order valence-corrected chi connectivity index (χ4v) is 1.56. The van der Waals surface area contributed by atoms with Crippen molar-refractivity contribution in [2.45, 2.75) is 26.7 Å². The molecule has 1 aromatic rings. The van der Waals surface area contributed by atoms with Crippen LogP contribution in [0.25, 0.3) is 0 Å². The molecule has 0 bridgehead atoms. The van der Waals surface area contributed by atoms with Crippen LogP contribution in [0, 0.1) is 0 Å². The minimum Gasteiger partial charge on any atom is -0.357 e. The van der Waals surface area contributed by atoms with Gasteiger partial charge in [0.25, 0.3) is 0 Å². The maximum atomic E-state index is 5.64. The quantitative estimate of drug-likeness (QED) is 0.803. The predicted octanol–water partition coefficient (Wildman–Crippen LogP) is 1.99. The SMILES string of the molecule is CCN(CC)c1cccc(C(C)CN)n1. The van der Waals surface area contributed by atoms with Gasteiger partial charge in [-0.25, -0.2) is 4.98 Å². The summed E-state index contributed by atoms with van der Waals surface area (Å²) >= 11 is 0. The van der Waals surface area contributed by atoms with Crippen molar-refractivity contribution in [2.24, 2.45) is 5.73 Å². The Bertz CT molecular complexity index is 295. The van der Waals surface area contributed by atoms with Gasteiger partial charge >= 0.3 is 0 Å². The van der Waals surface area contributed by atoms with Crippen molar-refractivity contribution in [1.29, 1.82) is 0 Å². The molecule has 3 nitrogen and oxygen atoms in total. The topological polar surface area (TPSA) is 42.1 Å². The lowest BCUT2D eigenvalue weighted by atomic mass is 10.1. The number of anilines is 1. The van der Waals surface area contributed by atoms with Gasteiger partial charge in [0, 0.05) is 31.2 Å². The van der Waals surface area contributed by atoms with Crippen LogP contribution in [-0.4, -0.2) is 24.6 Å². The van der Waals surface area contributed by atoms with E-state index in [2.05, 4.69) is 42.8 Å². The van der Waals surface area contributed by atoms with Gasteiger partial charge in [-0.2, -0.15) is 0 Å².